The van der Waals surface area contributed by atoms with Gasteiger partial charge in [-0.2, -0.15) is 0 Å². The van der Waals surface area contributed by atoms with Crippen LogP contribution in [0.3, 0.4) is 0 Å². The Balaban J connectivity index is 1.84. The summed E-state index contributed by atoms with van der Waals surface area (Å²) in [6.07, 6.45) is 1.52. The number of ether oxygens (including phenoxy) is 1. The number of amides is 1. The third-order valence-corrected chi connectivity index (χ3v) is 5.59. The van der Waals surface area contributed by atoms with E-state index in [2.05, 4.69) is 0 Å². The maximum atomic E-state index is 13.1. The largest absolute Gasteiger partial charge is 0.507 e. The van der Waals surface area contributed by atoms with Crippen LogP contribution in [0.15, 0.2) is 76.9 Å². The first-order chi connectivity index (χ1) is 15.9. The van der Waals surface area contributed by atoms with E-state index in [1.165, 1.54) is 11.2 Å². The summed E-state index contributed by atoms with van der Waals surface area (Å²) in [6.45, 7) is 2.44. The van der Waals surface area contributed by atoms with E-state index in [0.717, 1.165) is 5.69 Å². The van der Waals surface area contributed by atoms with Gasteiger partial charge in [-0.3, -0.25) is 9.59 Å². The smallest absolute Gasteiger partial charge is 0.296 e. The van der Waals surface area contributed by atoms with Gasteiger partial charge in [-0.05, 0) is 48.9 Å². The Kier molecular flexibility index (Phi) is 6.22. The van der Waals surface area contributed by atoms with Crippen molar-refractivity contribution in [2.75, 3.05) is 25.6 Å². The van der Waals surface area contributed by atoms with E-state index < -0.39 is 17.7 Å². The van der Waals surface area contributed by atoms with E-state index >= 15 is 0 Å². The standard InChI is InChI=1S/C26H26N2O5/c1-4-32-20-8-5-7-18(15-20)24(29)22-23(17-10-12-19(13-11-17)27(2)3)28(26(31)25(22)30)16-21-9-6-14-33-21/h5-15,23,29H,4,16H2,1-3H3. The van der Waals surface area contributed by atoms with Crippen molar-refractivity contribution in [2.45, 2.75) is 19.5 Å². The van der Waals surface area contributed by atoms with Crippen molar-refractivity contribution in [2.24, 2.45) is 0 Å². The van der Waals surface area contributed by atoms with Gasteiger partial charge in [-0.1, -0.05) is 24.3 Å². The molecule has 1 aliphatic heterocycles. The maximum absolute atomic E-state index is 13.1. The molecular weight excluding hydrogens is 420 g/mol. The number of furan rings is 1. The van der Waals surface area contributed by atoms with Crippen LogP contribution in [-0.2, 0) is 16.1 Å². The Hall–Kier alpha value is -4.00. The Morgan fingerprint density at radius 2 is 1.85 bits per heavy atom. The van der Waals surface area contributed by atoms with Crippen molar-refractivity contribution in [3.8, 4) is 5.75 Å². The zero-order valence-electron chi connectivity index (χ0n) is 18.8. The van der Waals surface area contributed by atoms with Crippen LogP contribution >= 0.6 is 0 Å². The number of ketones is 1. The number of carbonyl (C=O) groups excluding carboxylic acids is 2. The van der Waals surface area contributed by atoms with Crippen LogP contribution in [0, 0.1) is 0 Å². The number of benzene rings is 2. The minimum atomic E-state index is -0.762. The second kappa shape index (κ2) is 9.24. The van der Waals surface area contributed by atoms with Crippen molar-refractivity contribution >= 4 is 23.1 Å². The summed E-state index contributed by atoms with van der Waals surface area (Å²) < 4.78 is 11.0. The molecule has 1 aliphatic rings. The molecule has 2 heterocycles. The molecule has 4 rings (SSSR count). The van der Waals surface area contributed by atoms with E-state index in [4.69, 9.17) is 9.15 Å². The van der Waals surface area contributed by atoms with Gasteiger partial charge in [0.1, 0.15) is 17.3 Å². The molecule has 0 bridgehead atoms. The fraction of sp³-hybridized carbons (Fsp3) is 0.231. The topological polar surface area (TPSA) is 83.2 Å². The van der Waals surface area contributed by atoms with Gasteiger partial charge in [0.05, 0.1) is 31.0 Å². The molecule has 7 nitrogen and oxygen atoms in total. The van der Waals surface area contributed by atoms with Gasteiger partial charge in [0.15, 0.2) is 0 Å². The number of aliphatic hydroxyl groups is 1. The van der Waals surface area contributed by atoms with Crippen molar-refractivity contribution in [3.63, 3.8) is 0 Å². The third-order valence-electron chi connectivity index (χ3n) is 5.59. The molecule has 1 unspecified atom stereocenters. The van der Waals surface area contributed by atoms with Gasteiger partial charge < -0.3 is 24.1 Å². The zero-order chi connectivity index (χ0) is 23.5. The van der Waals surface area contributed by atoms with Crippen molar-refractivity contribution in [1.82, 2.24) is 4.90 Å². The van der Waals surface area contributed by atoms with E-state index in [0.29, 0.717) is 29.2 Å². The highest BCUT2D eigenvalue weighted by atomic mass is 16.5. The molecule has 1 fully saturated rings. The lowest BCUT2D eigenvalue weighted by Gasteiger charge is -2.25. The lowest BCUT2D eigenvalue weighted by atomic mass is 9.95. The predicted molar refractivity (Wildman–Crippen MR) is 125 cm³/mol. The number of hydrogen-bond acceptors (Lipinski definition) is 6. The number of aliphatic hydroxyl groups excluding tert-OH is 1. The fourth-order valence-corrected chi connectivity index (χ4v) is 3.97. The van der Waals surface area contributed by atoms with Crippen LogP contribution in [0.2, 0.25) is 0 Å². The van der Waals surface area contributed by atoms with Gasteiger partial charge in [-0.25, -0.2) is 0 Å². The highest BCUT2D eigenvalue weighted by Crippen LogP contribution is 2.41. The van der Waals surface area contributed by atoms with Crippen LogP contribution in [0.1, 0.15) is 29.9 Å². The minimum absolute atomic E-state index is 0.0396. The number of anilines is 1. The molecule has 1 saturated heterocycles. The normalized spacial score (nSPS) is 17.4. The van der Waals surface area contributed by atoms with Gasteiger partial charge in [0.25, 0.3) is 11.7 Å². The fourth-order valence-electron chi connectivity index (χ4n) is 3.97. The summed E-state index contributed by atoms with van der Waals surface area (Å²) in [5.74, 6) is -0.542. The van der Waals surface area contributed by atoms with Gasteiger partial charge in [-0.15, -0.1) is 0 Å². The van der Waals surface area contributed by atoms with E-state index in [1.807, 2.05) is 50.2 Å². The first-order valence-electron chi connectivity index (χ1n) is 10.7. The van der Waals surface area contributed by atoms with Gasteiger partial charge >= 0.3 is 0 Å². The Morgan fingerprint density at radius 1 is 1.09 bits per heavy atom. The summed E-state index contributed by atoms with van der Waals surface area (Å²) in [4.78, 5) is 29.6. The SMILES string of the molecule is CCOc1cccc(C(O)=C2C(=O)C(=O)N(Cc3ccco3)C2c2ccc(N(C)C)cc2)c1. The molecule has 0 aliphatic carbocycles. The molecule has 0 radical (unpaired) electrons. The van der Waals surface area contributed by atoms with Crippen LogP contribution in [0.5, 0.6) is 5.75 Å². The van der Waals surface area contributed by atoms with Crippen LogP contribution < -0.4 is 9.64 Å². The Morgan fingerprint density at radius 3 is 2.48 bits per heavy atom. The summed E-state index contributed by atoms with van der Waals surface area (Å²) in [7, 11) is 3.87. The quantitative estimate of drug-likeness (QED) is 0.330. The number of rotatable bonds is 7. The molecule has 1 amide bonds. The van der Waals surface area contributed by atoms with Gasteiger partial charge in [0, 0.05) is 25.3 Å². The number of carbonyl (C=O) groups is 2. The number of nitrogens with zero attached hydrogens (tertiary/aromatic N) is 2. The minimum Gasteiger partial charge on any atom is -0.507 e. The van der Waals surface area contributed by atoms with E-state index in [-0.39, 0.29) is 17.9 Å². The summed E-state index contributed by atoms with van der Waals surface area (Å²) in [6, 6.07) is 17.1. The third kappa shape index (κ3) is 4.35. The van der Waals surface area contributed by atoms with Gasteiger partial charge in [0.2, 0.25) is 0 Å². The summed E-state index contributed by atoms with van der Waals surface area (Å²) in [5, 5.41) is 11.2. The van der Waals surface area contributed by atoms with Crippen LogP contribution in [0.25, 0.3) is 5.76 Å². The van der Waals surface area contributed by atoms with Crippen molar-refractivity contribution in [3.05, 3.63) is 89.4 Å². The molecule has 1 aromatic heterocycles. The number of likely N-dealkylation sites (tertiary alicyclic amines) is 1. The highest BCUT2D eigenvalue weighted by molar-refractivity contribution is 6.46. The summed E-state index contributed by atoms with van der Waals surface area (Å²) in [5.41, 5.74) is 2.14. The number of hydrogen-bond donors (Lipinski definition) is 1. The average molecular weight is 447 g/mol. The first-order valence-corrected chi connectivity index (χ1v) is 10.7. The second-order valence-corrected chi connectivity index (χ2v) is 7.95. The first kappa shape index (κ1) is 22.2. The monoisotopic (exact) mass is 446 g/mol. The lowest BCUT2D eigenvalue weighted by molar-refractivity contribution is -0.140. The van der Waals surface area contributed by atoms with Crippen molar-refractivity contribution in [1.29, 1.82) is 0 Å². The molecule has 2 aromatic carbocycles. The van der Waals surface area contributed by atoms with E-state index in [9.17, 15) is 14.7 Å². The van der Waals surface area contributed by atoms with Crippen LogP contribution in [0.4, 0.5) is 5.69 Å². The average Bonchev–Trinajstić information content (AvgIpc) is 3.41. The molecule has 170 valence electrons. The molecule has 7 heteroatoms. The zero-order valence-corrected chi connectivity index (χ0v) is 18.8. The molecule has 0 spiro atoms. The van der Waals surface area contributed by atoms with E-state index in [1.54, 1.807) is 36.4 Å². The lowest BCUT2D eigenvalue weighted by Crippen LogP contribution is -2.29. The molecule has 3 aromatic rings. The maximum Gasteiger partial charge on any atom is 0.296 e. The Labute approximate surface area is 192 Å². The Bertz CT molecular complexity index is 1180. The molecule has 1 atom stereocenters. The van der Waals surface area contributed by atoms with Crippen LogP contribution in [-0.4, -0.2) is 42.4 Å². The molecule has 33 heavy (non-hydrogen) atoms. The molecular formula is C26H26N2O5. The highest BCUT2D eigenvalue weighted by Gasteiger charge is 2.46. The molecule has 0 saturated carbocycles. The second-order valence-electron chi connectivity index (χ2n) is 7.95. The molecule has 1 N–H and O–H groups in total. The van der Waals surface area contributed by atoms with Crippen molar-refractivity contribution < 1.29 is 23.8 Å². The number of Topliss-reactive ketones (excluding diaryl/α,β-unsaturated/α-hetero) is 1. The predicted octanol–water partition coefficient (Wildman–Crippen LogP) is 4.37. The summed E-state index contributed by atoms with van der Waals surface area (Å²) >= 11 is 0.